The third-order valence-corrected chi connectivity index (χ3v) is 4.35. The van der Waals surface area contributed by atoms with Crippen molar-refractivity contribution in [2.24, 2.45) is 0 Å². The van der Waals surface area contributed by atoms with E-state index in [1.54, 1.807) is 0 Å². The quantitative estimate of drug-likeness (QED) is 0.472. The van der Waals surface area contributed by atoms with Crippen molar-refractivity contribution in [3.63, 3.8) is 0 Å². The van der Waals surface area contributed by atoms with Crippen molar-refractivity contribution < 1.29 is 49.3 Å². The van der Waals surface area contributed by atoms with Crippen LogP contribution in [0.15, 0.2) is 77.7 Å². The molecule has 2 aromatic carbocycles. The molecule has 1 aromatic heterocycles. The van der Waals surface area contributed by atoms with Crippen LogP contribution in [0.2, 0.25) is 0 Å². The largest absolute Gasteiger partial charge is 1.00 e. The van der Waals surface area contributed by atoms with E-state index in [-0.39, 0.29) is 60.3 Å². The third-order valence-electron chi connectivity index (χ3n) is 4.35. The summed E-state index contributed by atoms with van der Waals surface area (Å²) >= 11 is 0. The number of rotatable bonds is 8. The molecule has 1 heterocycles. The van der Waals surface area contributed by atoms with E-state index in [4.69, 9.17) is 4.74 Å². The number of benzene rings is 2. The van der Waals surface area contributed by atoms with Crippen LogP contribution in [-0.4, -0.2) is 15.6 Å². The number of nitrogens with zero attached hydrogens (tertiary/aromatic N) is 1. The van der Waals surface area contributed by atoms with Crippen LogP contribution in [0.1, 0.15) is 29.3 Å². The molecule has 0 saturated heterocycles. The van der Waals surface area contributed by atoms with E-state index in [1.807, 2.05) is 60.7 Å². The number of aromatic nitrogens is 1. The van der Waals surface area contributed by atoms with Gasteiger partial charge in [-0.3, -0.25) is 4.79 Å². The topological polar surface area (TPSA) is 91.6 Å². The van der Waals surface area contributed by atoms with Gasteiger partial charge in [0.2, 0.25) is 5.43 Å². The van der Waals surface area contributed by atoms with Crippen LogP contribution in [0.5, 0.6) is 5.75 Å². The van der Waals surface area contributed by atoms with Crippen molar-refractivity contribution in [3.05, 3.63) is 100.0 Å². The summed E-state index contributed by atoms with van der Waals surface area (Å²) in [5, 5.41) is 20.3. The Hall–Kier alpha value is -2.38. The molecule has 1 N–H and O–H groups in total. The number of carboxylic acid groups (broad SMARTS) is 1. The molecule has 7 heteroatoms. The Balaban J connectivity index is 0.00000300. The molecule has 3 aromatic rings. The minimum Gasteiger partial charge on any atom is -0.550 e. The molecule has 0 atom stereocenters. The number of hydrogen-bond acceptors (Lipinski definition) is 5. The second kappa shape index (κ2) is 11.0. The number of hydrogen-bond donors (Lipinski definition) is 1. The second-order valence-corrected chi connectivity index (χ2v) is 6.29. The Bertz CT molecular complexity index is 950. The Labute approximate surface area is 190 Å². The predicted molar refractivity (Wildman–Crippen MR) is 102 cm³/mol. The number of aryl methyl sites for hydroxylation is 1. The van der Waals surface area contributed by atoms with Crippen molar-refractivity contribution >= 4 is 5.97 Å². The smallest absolute Gasteiger partial charge is 0.550 e. The van der Waals surface area contributed by atoms with Gasteiger partial charge in [-0.1, -0.05) is 60.7 Å². The van der Waals surface area contributed by atoms with E-state index in [0.717, 1.165) is 11.1 Å². The molecule has 0 saturated carbocycles. The van der Waals surface area contributed by atoms with Crippen molar-refractivity contribution in [3.8, 4) is 5.75 Å². The Morgan fingerprint density at radius 1 is 1.03 bits per heavy atom. The molecule has 0 radical (unpaired) electrons. The van der Waals surface area contributed by atoms with Crippen LogP contribution < -0.4 is 44.8 Å². The van der Waals surface area contributed by atoms with Gasteiger partial charge in [-0.2, -0.15) is 0 Å². The molecule has 144 valence electrons. The number of carbonyl (C=O) groups is 1. The van der Waals surface area contributed by atoms with E-state index >= 15 is 0 Å². The van der Waals surface area contributed by atoms with E-state index < -0.39 is 12.1 Å². The molecule has 29 heavy (non-hydrogen) atoms. The molecule has 0 aliphatic rings. The summed E-state index contributed by atoms with van der Waals surface area (Å²) in [5.74, 6) is -1.13. The number of aliphatic hydroxyl groups excluding tert-OH is 1. The van der Waals surface area contributed by atoms with Gasteiger partial charge >= 0.3 is 29.6 Å². The summed E-state index contributed by atoms with van der Waals surface area (Å²) in [6, 6.07) is 20.3. The van der Waals surface area contributed by atoms with Crippen LogP contribution in [0.3, 0.4) is 0 Å². The van der Waals surface area contributed by atoms with Crippen LogP contribution in [0.4, 0.5) is 0 Å². The first-order chi connectivity index (χ1) is 13.6. The van der Waals surface area contributed by atoms with Gasteiger partial charge in [0, 0.05) is 30.7 Å². The predicted octanol–water partition coefficient (Wildman–Crippen LogP) is -1.35. The molecular formula is C22H20NNaO5. The molecule has 6 nitrogen and oxygen atoms in total. The first kappa shape index (κ1) is 22.9. The Kier molecular flexibility index (Phi) is 8.67. The van der Waals surface area contributed by atoms with Gasteiger partial charge in [0.15, 0.2) is 5.75 Å². The van der Waals surface area contributed by atoms with Crippen LogP contribution in [0, 0.1) is 0 Å². The zero-order chi connectivity index (χ0) is 19.9. The number of aliphatic hydroxyl groups is 1. The standard InChI is InChI=1S/C22H21NO5.Na/c24-15-18-13-19(25)20(14-23(18)12-11-21(26)27)28-22(16-7-3-1-4-8-16)17-9-5-2-6-10-17;/h1-10,13-14,22,24H,11-12,15H2,(H,26,27);/q;+1/p-1. The second-order valence-electron chi connectivity index (χ2n) is 6.29. The fourth-order valence-electron chi connectivity index (χ4n) is 2.95. The van der Waals surface area contributed by atoms with Gasteiger partial charge in [-0.25, -0.2) is 0 Å². The maximum absolute atomic E-state index is 12.5. The molecule has 0 spiro atoms. The van der Waals surface area contributed by atoms with E-state index in [0.29, 0.717) is 5.69 Å². The molecule has 3 rings (SSSR count). The monoisotopic (exact) mass is 401 g/mol. The molecule has 0 unspecified atom stereocenters. The van der Waals surface area contributed by atoms with E-state index in [1.165, 1.54) is 16.8 Å². The van der Waals surface area contributed by atoms with Crippen LogP contribution in [-0.2, 0) is 17.9 Å². The summed E-state index contributed by atoms with van der Waals surface area (Å²) in [5.41, 5.74) is 1.68. The Morgan fingerprint density at radius 3 is 2.07 bits per heavy atom. The number of carboxylic acids is 1. The van der Waals surface area contributed by atoms with Gasteiger partial charge in [0.05, 0.1) is 12.8 Å². The van der Waals surface area contributed by atoms with Gasteiger partial charge in [0.25, 0.3) is 0 Å². The minimum atomic E-state index is -1.21. The SMILES string of the molecule is O=C([O-])CCn1cc(OC(c2ccccc2)c2ccccc2)c(=O)cc1CO.[Na+]. The van der Waals surface area contributed by atoms with Gasteiger partial charge < -0.3 is 24.3 Å². The summed E-state index contributed by atoms with van der Waals surface area (Å²) in [7, 11) is 0. The van der Waals surface area contributed by atoms with Crippen LogP contribution >= 0.6 is 0 Å². The first-order valence-corrected chi connectivity index (χ1v) is 8.89. The molecule has 0 aliphatic heterocycles. The number of aliphatic carboxylic acids is 1. The third kappa shape index (κ3) is 6.05. The summed E-state index contributed by atoms with van der Waals surface area (Å²) in [6.07, 6.45) is 0.691. The summed E-state index contributed by atoms with van der Waals surface area (Å²) in [4.78, 5) is 23.3. The zero-order valence-electron chi connectivity index (χ0n) is 16.2. The van der Waals surface area contributed by atoms with Gasteiger partial charge in [0.1, 0.15) is 6.10 Å². The molecule has 0 aliphatic carbocycles. The van der Waals surface area contributed by atoms with E-state index in [2.05, 4.69) is 0 Å². The fourth-order valence-corrected chi connectivity index (χ4v) is 2.95. The fraction of sp³-hybridized carbons (Fsp3) is 0.182. The number of pyridine rings is 1. The minimum absolute atomic E-state index is 0. The number of carbonyl (C=O) groups excluding carboxylic acids is 1. The molecule has 0 bridgehead atoms. The van der Waals surface area contributed by atoms with Crippen molar-refractivity contribution in [2.75, 3.05) is 0 Å². The maximum Gasteiger partial charge on any atom is 1.00 e. The summed E-state index contributed by atoms with van der Waals surface area (Å²) < 4.78 is 7.59. The molecule has 0 amide bonds. The maximum atomic E-state index is 12.5. The normalized spacial score (nSPS) is 10.4. The first-order valence-electron chi connectivity index (χ1n) is 8.89. The van der Waals surface area contributed by atoms with Crippen LogP contribution in [0.25, 0.3) is 0 Å². The zero-order valence-corrected chi connectivity index (χ0v) is 18.2. The molecule has 0 fully saturated rings. The molecular weight excluding hydrogens is 381 g/mol. The average Bonchev–Trinajstić information content (AvgIpc) is 2.72. The Morgan fingerprint density at radius 2 is 1.59 bits per heavy atom. The van der Waals surface area contributed by atoms with Gasteiger partial charge in [-0.15, -0.1) is 0 Å². The van der Waals surface area contributed by atoms with Gasteiger partial charge in [-0.05, 0) is 11.1 Å². The van der Waals surface area contributed by atoms with Crippen molar-refractivity contribution in [2.45, 2.75) is 25.7 Å². The van der Waals surface area contributed by atoms with E-state index in [9.17, 15) is 19.8 Å². The summed E-state index contributed by atoms with van der Waals surface area (Å²) in [6.45, 7) is -0.320. The number of ether oxygens (including phenoxy) is 1. The average molecular weight is 401 g/mol. The van der Waals surface area contributed by atoms with Crippen molar-refractivity contribution in [1.29, 1.82) is 0 Å². The van der Waals surface area contributed by atoms with Crippen molar-refractivity contribution in [1.82, 2.24) is 4.57 Å².